The molecule has 0 saturated heterocycles. The summed E-state index contributed by atoms with van der Waals surface area (Å²) in [6.07, 6.45) is 0.854. The van der Waals surface area contributed by atoms with E-state index in [-0.39, 0.29) is 0 Å². The average Bonchev–Trinajstić information content (AvgIpc) is 2.07. The summed E-state index contributed by atoms with van der Waals surface area (Å²) in [6.45, 7) is 0. The van der Waals surface area contributed by atoms with Crippen LogP contribution in [0.5, 0.6) is 0 Å². The zero-order valence-corrected chi connectivity index (χ0v) is 5.73. The number of rotatable bonds is 3. The Morgan fingerprint density at radius 1 is 1.36 bits per heavy atom. The molecule has 0 aliphatic rings. The summed E-state index contributed by atoms with van der Waals surface area (Å²) in [5, 5.41) is 0. The molecule has 1 aromatic rings. The van der Waals surface area contributed by atoms with Crippen LogP contribution < -0.4 is 5.48 Å². The number of nitrogens with zero attached hydrogens (tertiary/aromatic N) is 1. The van der Waals surface area contributed by atoms with Crippen LogP contribution in [0.1, 0.15) is 0 Å². The van der Waals surface area contributed by atoms with Gasteiger partial charge in [0.15, 0.2) is 5.94 Å². The number of carbonyl (C=O) groups excluding carboxylic acids is 1. The van der Waals surface area contributed by atoms with Gasteiger partial charge < -0.3 is 4.84 Å². The predicted molar refractivity (Wildman–Crippen MR) is 39.6 cm³/mol. The van der Waals surface area contributed by atoms with Crippen LogP contribution in [0.15, 0.2) is 36.6 Å². The summed E-state index contributed by atoms with van der Waals surface area (Å²) in [5.41, 5.74) is 4.24. The van der Waals surface area contributed by atoms with Gasteiger partial charge in [-0.25, -0.2) is 4.79 Å². The standard InChI is InChI=1S/C8H6NO2/c10-6-7-11-9-8-4-2-1-3-5-8/h1-5,7H. The molecular formula is C8H6NO2. The van der Waals surface area contributed by atoms with Crippen molar-refractivity contribution in [1.82, 2.24) is 5.48 Å². The zero-order valence-electron chi connectivity index (χ0n) is 5.73. The second kappa shape index (κ2) is 4.14. The minimum atomic E-state index is 0.666. The lowest BCUT2D eigenvalue weighted by molar-refractivity contribution is 0.175. The minimum Gasteiger partial charge on any atom is -0.352 e. The molecule has 0 bridgehead atoms. The highest BCUT2D eigenvalue weighted by molar-refractivity contribution is 5.42. The molecule has 0 saturated carbocycles. The van der Waals surface area contributed by atoms with Gasteiger partial charge in [0, 0.05) is 0 Å². The summed E-state index contributed by atoms with van der Waals surface area (Å²) in [6, 6.07) is 9.05. The van der Waals surface area contributed by atoms with Crippen LogP contribution in [0.3, 0.4) is 0 Å². The third-order valence-corrected chi connectivity index (χ3v) is 1.02. The van der Waals surface area contributed by atoms with E-state index in [1.165, 1.54) is 5.94 Å². The first kappa shape index (κ1) is 7.38. The third-order valence-electron chi connectivity index (χ3n) is 1.02. The molecule has 0 spiro atoms. The minimum absolute atomic E-state index is 0.666. The van der Waals surface area contributed by atoms with E-state index in [0.717, 1.165) is 6.26 Å². The molecule has 1 radical (unpaired) electrons. The summed E-state index contributed by atoms with van der Waals surface area (Å²) in [4.78, 5) is 14.1. The molecule has 55 valence electrons. The summed E-state index contributed by atoms with van der Waals surface area (Å²) in [5.74, 6) is 1.45. The van der Waals surface area contributed by atoms with Crippen molar-refractivity contribution in [3.63, 3.8) is 0 Å². The molecule has 0 unspecified atom stereocenters. The van der Waals surface area contributed by atoms with Gasteiger partial charge in [-0.3, -0.25) is 0 Å². The van der Waals surface area contributed by atoms with E-state index in [0.29, 0.717) is 5.69 Å². The van der Waals surface area contributed by atoms with Gasteiger partial charge in [-0.05, 0) is 12.1 Å². The second-order valence-corrected chi connectivity index (χ2v) is 1.77. The Bertz CT molecular complexity index is 252. The Balaban J connectivity index is 2.45. The number of benzene rings is 1. The van der Waals surface area contributed by atoms with Gasteiger partial charge in [0.1, 0.15) is 5.69 Å². The zero-order chi connectivity index (χ0) is 7.94. The normalized spacial score (nSPS) is 8.00. The smallest absolute Gasteiger partial charge is 0.205 e. The van der Waals surface area contributed by atoms with Gasteiger partial charge in [0.25, 0.3) is 0 Å². The maximum absolute atomic E-state index is 9.63. The fourth-order valence-corrected chi connectivity index (χ4v) is 0.598. The quantitative estimate of drug-likeness (QED) is 0.367. The highest BCUT2D eigenvalue weighted by Gasteiger charge is 1.87. The monoisotopic (exact) mass is 148 g/mol. The van der Waals surface area contributed by atoms with Crippen LogP contribution in [0.25, 0.3) is 0 Å². The topological polar surface area (TPSA) is 40.4 Å². The molecule has 3 nitrogen and oxygen atoms in total. The summed E-state index contributed by atoms with van der Waals surface area (Å²) in [7, 11) is 0. The van der Waals surface area contributed by atoms with Gasteiger partial charge in [0.2, 0.25) is 6.26 Å². The third kappa shape index (κ3) is 2.56. The van der Waals surface area contributed by atoms with Crippen molar-refractivity contribution in [2.45, 2.75) is 0 Å². The van der Waals surface area contributed by atoms with E-state index in [1.807, 2.05) is 18.2 Å². The molecule has 0 aliphatic heterocycles. The summed E-state index contributed by atoms with van der Waals surface area (Å²) >= 11 is 0. The van der Waals surface area contributed by atoms with Crippen molar-refractivity contribution in [3.05, 3.63) is 36.6 Å². The van der Waals surface area contributed by atoms with Crippen LogP contribution in [-0.4, -0.2) is 5.94 Å². The van der Waals surface area contributed by atoms with E-state index >= 15 is 0 Å². The molecule has 0 N–H and O–H groups in total. The lowest BCUT2D eigenvalue weighted by Crippen LogP contribution is -1.92. The maximum Gasteiger partial charge on any atom is 0.205 e. The SMILES string of the molecule is O=C=CO[N]c1ccccc1. The van der Waals surface area contributed by atoms with Gasteiger partial charge >= 0.3 is 0 Å². The Morgan fingerprint density at radius 2 is 2.09 bits per heavy atom. The number of hydrogen-bond donors (Lipinski definition) is 0. The van der Waals surface area contributed by atoms with Gasteiger partial charge in [0.05, 0.1) is 0 Å². The van der Waals surface area contributed by atoms with E-state index in [4.69, 9.17) is 0 Å². The molecular weight excluding hydrogens is 142 g/mol. The predicted octanol–water partition coefficient (Wildman–Crippen LogP) is 1.20. The lowest BCUT2D eigenvalue weighted by atomic mass is 10.3. The van der Waals surface area contributed by atoms with E-state index in [9.17, 15) is 4.79 Å². The molecule has 0 aromatic heterocycles. The van der Waals surface area contributed by atoms with Gasteiger partial charge in [-0.2, -0.15) is 0 Å². The molecule has 1 aromatic carbocycles. The Hall–Kier alpha value is -1.73. The molecule has 3 heteroatoms. The first-order valence-corrected chi connectivity index (χ1v) is 3.05. The lowest BCUT2D eigenvalue weighted by Gasteiger charge is -1.95. The Morgan fingerprint density at radius 3 is 2.73 bits per heavy atom. The Labute approximate surface area is 64.3 Å². The van der Waals surface area contributed by atoms with Gasteiger partial charge in [-0.1, -0.05) is 23.7 Å². The van der Waals surface area contributed by atoms with Crippen LogP contribution in [0.4, 0.5) is 5.69 Å². The Kier molecular flexibility index (Phi) is 2.78. The molecule has 11 heavy (non-hydrogen) atoms. The number of hydrogen-bond acceptors (Lipinski definition) is 2. The fourth-order valence-electron chi connectivity index (χ4n) is 0.598. The van der Waals surface area contributed by atoms with Crippen molar-refractivity contribution in [2.24, 2.45) is 0 Å². The molecule has 0 aliphatic carbocycles. The first-order valence-electron chi connectivity index (χ1n) is 3.05. The fraction of sp³-hybridized carbons (Fsp3) is 0. The highest BCUT2D eigenvalue weighted by Crippen LogP contribution is 2.04. The van der Waals surface area contributed by atoms with Crippen molar-refractivity contribution in [1.29, 1.82) is 0 Å². The van der Waals surface area contributed by atoms with E-state index in [1.54, 1.807) is 12.1 Å². The van der Waals surface area contributed by atoms with Gasteiger partial charge in [-0.15, -0.1) is 0 Å². The first-order chi connectivity index (χ1) is 5.43. The van der Waals surface area contributed by atoms with Crippen molar-refractivity contribution >= 4 is 11.6 Å². The van der Waals surface area contributed by atoms with Crippen LogP contribution in [-0.2, 0) is 9.63 Å². The van der Waals surface area contributed by atoms with E-state index < -0.39 is 0 Å². The molecule has 1 rings (SSSR count). The largest absolute Gasteiger partial charge is 0.352 e. The summed E-state index contributed by atoms with van der Waals surface area (Å²) < 4.78 is 0. The van der Waals surface area contributed by atoms with Crippen molar-refractivity contribution in [2.75, 3.05) is 0 Å². The van der Waals surface area contributed by atoms with E-state index in [2.05, 4.69) is 10.3 Å². The molecule has 0 atom stereocenters. The van der Waals surface area contributed by atoms with Crippen molar-refractivity contribution in [3.8, 4) is 0 Å². The highest BCUT2D eigenvalue weighted by atomic mass is 16.6. The molecule has 0 amide bonds. The molecule has 0 heterocycles. The molecule has 0 fully saturated rings. The van der Waals surface area contributed by atoms with Crippen LogP contribution in [0, 0.1) is 0 Å². The average molecular weight is 148 g/mol. The second-order valence-electron chi connectivity index (χ2n) is 1.77. The maximum atomic E-state index is 9.63. The van der Waals surface area contributed by atoms with Crippen LogP contribution >= 0.6 is 0 Å². The van der Waals surface area contributed by atoms with Crippen LogP contribution in [0.2, 0.25) is 0 Å². The van der Waals surface area contributed by atoms with Crippen molar-refractivity contribution < 1.29 is 9.63 Å².